The van der Waals surface area contributed by atoms with Crippen molar-refractivity contribution >= 4 is 31.9 Å². The fourth-order valence-electron chi connectivity index (χ4n) is 3.04. The van der Waals surface area contributed by atoms with E-state index in [2.05, 4.69) is 76.0 Å². The molecule has 1 fully saturated rings. The lowest BCUT2D eigenvalue weighted by atomic mass is 9.80. The molecule has 1 saturated heterocycles. The summed E-state index contributed by atoms with van der Waals surface area (Å²) in [7, 11) is 0. The molecule has 0 radical (unpaired) electrons. The zero-order valence-corrected chi connectivity index (χ0v) is 15.5. The molecule has 1 aromatic rings. The van der Waals surface area contributed by atoms with Gasteiger partial charge in [0.15, 0.2) is 0 Å². The lowest BCUT2D eigenvalue weighted by Crippen LogP contribution is -2.33. The maximum absolute atomic E-state index is 6.20. The lowest BCUT2D eigenvalue weighted by molar-refractivity contribution is -0.0306. The Bertz CT molecular complexity index is 412. The van der Waals surface area contributed by atoms with Crippen LogP contribution in [-0.2, 0) is 11.2 Å². The summed E-state index contributed by atoms with van der Waals surface area (Å²) >= 11 is 7.48. The Kier molecular flexibility index (Phi) is 5.72. The van der Waals surface area contributed by atoms with Crippen molar-refractivity contribution in [3.63, 3.8) is 0 Å². The Hall–Kier alpha value is 0.140. The summed E-state index contributed by atoms with van der Waals surface area (Å²) < 4.78 is 6.20. The second kappa shape index (κ2) is 6.93. The number of halogens is 2. The highest BCUT2D eigenvalue weighted by molar-refractivity contribution is 9.09. The van der Waals surface area contributed by atoms with E-state index in [9.17, 15) is 0 Å². The van der Waals surface area contributed by atoms with Crippen LogP contribution in [0.15, 0.2) is 30.3 Å². The highest BCUT2D eigenvalue weighted by Gasteiger charge is 2.38. The third-order valence-corrected chi connectivity index (χ3v) is 6.58. The van der Waals surface area contributed by atoms with Crippen LogP contribution in [-0.4, -0.2) is 22.4 Å². The van der Waals surface area contributed by atoms with Crippen LogP contribution in [0.5, 0.6) is 0 Å². The minimum atomic E-state index is 0.0573. The van der Waals surface area contributed by atoms with Gasteiger partial charge < -0.3 is 4.74 Å². The molecule has 0 aliphatic carbocycles. The monoisotopic (exact) mass is 402 g/mol. The molecule has 0 bridgehead atoms. The molecule has 1 unspecified atom stereocenters. The maximum atomic E-state index is 6.20. The van der Waals surface area contributed by atoms with Gasteiger partial charge in [-0.05, 0) is 50.5 Å². The number of ether oxygens (including phenoxy) is 1. The van der Waals surface area contributed by atoms with Crippen LogP contribution < -0.4 is 0 Å². The van der Waals surface area contributed by atoms with E-state index in [1.807, 2.05) is 0 Å². The predicted octanol–water partition coefficient (Wildman–Crippen LogP) is 5.35. The van der Waals surface area contributed by atoms with Crippen molar-refractivity contribution in [2.45, 2.75) is 51.2 Å². The first-order chi connectivity index (χ1) is 9.49. The summed E-state index contributed by atoms with van der Waals surface area (Å²) in [6.07, 6.45) is 4.95. The van der Waals surface area contributed by atoms with Crippen LogP contribution >= 0.6 is 31.9 Å². The van der Waals surface area contributed by atoms with Crippen molar-refractivity contribution in [1.29, 1.82) is 0 Å². The summed E-state index contributed by atoms with van der Waals surface area (Å²) in [5, 5.41) is 2.00. The molecule has 0 aromatic heterocycles. The molecule has 1 aliphatic rings. The molecular weight excluding hydrogens is 380 g/mol. The summed E-state index contributed by atoms with van der Waals surface area (Å²) in [5.74, 6) is 0. The Morgan fingerprint density at radius 3 is 2.35 bits per heavy atom. The largest absolute Gasteiger partial charge is 0.372 e. The van der Waals surface area contributed by atoms with E-state index >= 15 is 0 Å². The van der Waals surface area contributed by atoms with Gasteiger partial charge in [0, 0.05) is 10.7 Å². The topological polar surface area (TPSA) is 9.23 Å². The summed E-state index contributed by atoms with van der Waals surface area (Å²) in [4.78, 5) is 0. The molecule has 1 heterocycles. The van der Waals surface area contributed by atoms with Crippen molar-refractivity contribution in [1.82, 2.24) is 0 Å². The minimum Gasteiger partial charge on any atom is -0.372 e. The maximum Gasteiger partial charge on any atom is 0.0631 e. The van der Waals surface area contributed by atoms with Crippen molar-refractivity contribution in [2.75, 3.05) is 10.7 Å². The van der Waals surface area contributed by atoms with Crippen molar-refractivity contribution in [2.24, 2.45) is 5.41 Å². The van der Waals surface area contributed by atoms with Gasteiger partial charge in [-0.15, -0.1) is 0 Å². The number of benzene rings is 1. The van der Waals surface area contributed by atoms with Crippen LogP contribution in [0, 0.1) is 5.41 Å². The average Bonchev–Trinajstić information content (AvgIpc) is 2.78. The summed E-state index contributed by atoms with van der Waals surface area (Å²) in [5.41, 5.74) is 1.69. The Morgan fingerprint density at radius 1 is 1.20 bits per heavy atom. The van der Waals surface area contributed by atoms with E-state index < -0.39 is 0 Å². The molecule has 0 N–H and O–H groups in total. The van der Waals surface area contributed by atoms with Gasteiger partial charge in [0.1, 0.15) is 0 Å². The predicted molar refractivity (Wildman–Crippen MR) is 93.0 cm³/mol. The zero-order chi connectivity index (χ0) is 14.6. The molecule has 0 spiro atoms. The van der Waals surface area contributed by atoms with E-state index in [4.69, 9.17) is 4.74 Å². The van der Waals surface area contributed by atoms with Gasteiger partial charge in [-0.2, -0.15) is 0 Å². The standard InChI is InChI=1S/C17H24Br2O/c1-16(2)9-8-15(20-16)11-17(12-18,13-19)10-14-6-4-3-5-7-14/h3-7,15H,8-13H2,1-2H3. The van der Waals surface area contributed by atoms with Gasteiger partial charge in [-0.1, -0.05) is 62.2 Å². The van der Waals surface area contributed by atoms with Crippen LogP contribution in [0.1, 0.15) is 38.7 Å². The minimum absolute atomic E-state index is 0.0573. The number of hydrogen-bond acceptors (Lipinski definition) is 1. The Balaban J connectivity index is 2.06. The van der Waals surface area contributed by atoms with E-state index in [1.165, 1.54) is 18.4 Å². The summed E-state index contributed by atoms with van der Waals surface area (Å²) in [6, 6.07) is 10.8. The number of hydrogen-bond donors (Lipinski definition) is 0. The Labute approximate surface area is 139 Å². The zero-order valence-electron chi connectivity index (χ0n) is 12.4. The van der Waals surface area contributed by atoms with Crippen molar-refractivity contribution < 1.29 is 4.74 Å². The molecule has 1 aliphatic heterocycles. The highest BCUT2D eigenvalue weighted by atomic mass is 79.9. The molecular formula is C17H24Br2O. The van der Waals surface area contributed by atoms with E-state index in [1.54, 1.807) is 0 Å². The third-order valence-electron chi connectivity index (χ3n) is 4.20. The molecule has 0 amide bonds. The van der Waals surface area contributed by atoms with Gasteiger partial charge in [-0.3, -0.25) is 0 Å². The van der Waals surface area contributed by atoms with Gasteiger partial charge >= 0.3 is 0 Å². The lowest BCUT2D eigenvalue weighted by Gasteiger charge is -2.33. The van der Waals surface area contributed by atoms with Gasteiger partial charge in [0.05, 0.1) is 11.7 Å². The van der Waals surface area contributed by atoms with Gasteiger partial charge in [0.25, 0.3) is 0 Å². The van der Waals surface area contributed by atoms with Gasteiger partial charge in [-0.25, -0.2) is 0 Å². The highest BCUT2D eigenvalue weighted by Crippen LogP contribution is 2.40. The first-order valence-corrected chi connectivity index (χ1v) is 9.57. The molecule has 2 rings (SSSR count). The second-order valence-electron chi connectivity index (χ2n) is 6.67. The molecule has 1 atom stereocenters. The molecule has 1 aromatic carbocycles. The fraction of sp³-hybridized carbons (Fsp3) is 0.647. The summed E-state index contributed by atoms with van der Waals surface area (Å²) in [6.45, 7) is 4.41. The third kappa shape index (κ3) is 4.32. The first kappa shape index (κ1) is 16.5. The number of rotatable bonds is 6. The Morgan fingerprint density at radius 2 is 1.85 bits per heavy atom. The number of alkyl halides is 2. The smallest absolute Gasteiger partial charge is 0.0631 e. The van der Waals surface area contributed by atoms with Crippen molar-refractivity contribution in [3.05, 3.63) is 35.9 Å². The molecule has 112 valence electrons. The van der Waals surface area contributed by atoms with Crippen LogP contribution in [0.3, 0.4) is 0 Å². The van der Waals surface area contributed by atoms with E-state index in [0.717, 1.165) is 23.5 Å². The molecule has 1 nitrogen and oxygen atoms in total. The second-order valence-corrected chi connectivity index (χ2v) is 7.79. The van der Waals surface area contributed by atoms with Crippen molar-refractivity contribution in [3.8, 4) is 0 Å². The fourth-order valence-corrected chi connectivity index (χ4v) is 4.83. The van der Waals surface area contributed by atoms with Crippen LogP contribution in [0.25, 0.3) is 0 Å². The van der Waals surface area contributed by atoms with Crippen LogP contribution in [0.4, 0.5) is 0 Å². The van der Waals surface area contributed by atoms with E-state index in [0.29, 0.717) is 6.10 Å². The van der Waals surface area contributed by atoms with Gasteiger partial charge in [0.2, 0.25) is 0 Å². The normalized spacial score (nSPS) is 22.1. The molecule has 20 heavy (non-hydrogen) atoms. The first-order valence-electron chi connectivity index (χ1n) is 7.32. The quantitative estimate of drug-likeness (QED) is 0.581. The molecule has 0 saturated carbocycles. The van der Waals surface area contributed by atoms with Crippen LogP contribution in [0.2, 0.25) is 0 Å². The SMILES string of the molecule is CC1(C)CCC(CC(CBr)(CBr)Cc2ccccc2)O1. The van der Waals surface area contributed by atoms with E-state index in [-0.39, 0.29) is 11.0 Å². The average molecular weight is 404 g/mol. The molecule has 3 heteroatoms.